The van der Waals surface area contributed by atoms with Gasteiger partial charge in [-0.2, -0.15) is 4.98 Å². The van der Waals surface area contributed by atoms with Gasteiger partial charge in [-0.05, 0) is 62.2 Å². The number of rotatable bonds is 5. The van der Waals surface area contributed by atoms with Gasteiger partial charge < -0.3 is 15.5 Å². The van der Waals surface area contributed by atoms with Gasteiger partial charge in [0.15, 0.2) is 0 Å². The van der Waals surface area contributed by atoms with Crippen LogP contribution in [-0.4, -0.2) is 39.9 Å². The van der Waals surface area contributed by atoms with Crippen molar-refractivity contribution in [1.29, 1.82) is 0 Å². The van der Waals surface area contributed by atoms with Gasteiger partial charge in [0.05, 0.1) is 5.52 Å². The third-order valence-corrected chi connectivity index (χ3v) is 6.58. The number of nitrogens with one attached hydrogen (secondary N) is 2. The minimum Gasteiger partial charge on any atom is -0.367 e. The van der Waals surface area contributed by atoms with Crippen molar-refractivity contribution in [3.63, 3.8) is 0 Å². The van der Waals surface area contributed by atoms with Gasteiger partial charge in [0.2, 0.25) is 5.95 Å². The first-order valence-corrected chi connectivity index (χ1v) is 12.3. The van der Waals surface area contributed by atoms with Crippen LogP contribution in [0.15, 0.2) is 66.7 Å². The number of hydrogen-bond donors (Lipinski definition) is 2. The van der Waals surface area contributed by atoms with E-state index in [1.54, 1.807) is 18.2 Å². The van der Waals surface area contributed by atoms with Crippen molar-refractivity contribution in [3.8, 4) is 0 Å². The lowest BCUT2D eigenvalue weighted by Gasteiger charge is -2.33. The summed E-state index contributed by atoms with van der Waals surface area (Å²) in [7, 11) is 0. The lowest BCUT2D eigenvalue weighted by atomic mass is 10.0. The minimum absolute atomic E-state index is 0.0857. The van der Waals surface area contributed by atoms with Crippen LogP contribution in [0.4, 0.5) is 17.5 Å². The second-order valence-electron chi connectivity index (χ2n) is 8.77. The first-order valence-electron chi connectivity index (χ1n) is 11.6. The predicted octanol–water partition coefficient (Wildman–Crippen LogP) is 6.71. The molecule has 5 rings (SSSR count). The van der Waals surface area contributed by atoms with E-state index in [2.05, 4.69) is 15.6 Å². The number of carbonyl (C=O) groups excluding carboxylic acids is 1. The van der Waals surface area contributed by atoms with Crippen molar-refractivity contribution in [2.24, 2.45) is 0 Å². The Kier molecular flexibility index (Phi) is 6.75. The Morgan fingerprint density at radius 2 is 1.63 bits per heavy atom. The Balaban J connectivity index is 1.31. The monoisotopic (exact) mass is 505 g/mol. The van der Waals surface area contributed by atoms with Crippen LogP contribution in [0.3, 0.4) is 0 Å². The van der Waals surface area contributed by atoms with Crippen LogP contribution in [0.1, 0.15) is 28.8 Å². The Labute approximate surface area is 214 Å². The van der Waals surface area contributed by atoms with Crippen molar-refractivity contribution in [2.75, 3.05) is 23.7 Å². The molecule has 35 heavy (non-hydrogen) atoms. The average molecular weight is 506 g/mol. The van der Waals surface area contributed by atoms with Crippen molar-refractivity contribution < 1.29 is 4.79 Å². The standard InChI is InChI=1S/C27H25Cl2N5O/c1-17-6-8-18(9-7-17)26(35)34-12-10-21(11-13-34)30-25-23-4-2-3-5-24(23)32-27(33-25)31-22-15-19(28)14-20(29)16-22/h2-9,14-16,21H,10-13H2,1H3,(H2,30,31,32,33). The van der Waals surface area contributed by atoms with Crippen LogP contribution in [0.5, 0.6) is 0 Å². The third-order valence-electron chi connectivity index (χ3n) is 6.14. The van der Waals surface area contributed by atoms with Gasteiger partial charge in [-0.15, -0.1) is 0 Å². The van der Waals surface area contributed by atoms with Gasteiger partial charge in [0, 0.05) is 45.8 Å². The molecule has 2 heterocycles. The zero-order valence-corrected chi connectivity index (χ0v) is 20.8. The smallest absolute Gasteiger partial charge is 0.253 e. The molecule has 8 heteroatoms. The van der Waals surface area contributed by atoms with E-state index in [9.17, 15) is 4.79 Å². The number of aromatic nitrogens is 2. The lowest BCUT2D eigenvalue weighted by Crippen LogP contribution is -2.42. The van der Waals surface area contributed by atoms with Crippen LogP contribution in [0, 0.1) is 6.92 Å². The van der Waals surface area contributed by atoms with Crippen LogP contribution in [-0.2, 0) is 0 Å². The molecular weight excluding hydrogens is 481 g/mol. The van der Waals surface area contributed by atoms with E-state index in [0.29, 0.717) is 34.8 Å². The quantitative estimate of drug-likeness (QED) is 0.315. The number of amides is 1. The number of fused-ring (bicyclic) bond motifs is 1. The first-order chi connectivity index (χ1) is 16.9. The zero-order chi connectivity index (χ0) is 24.4. The molecule has 1 aromatic heterocycles. The first kappa shape index (κ1) is 23.4. The second-order valence-corrected chi connectivity index (χ2v) is 9.65. The minimum atomic E-state index is 0.0857. The molecule has 6 nitrogen and oxygen atoms in total. The van der Waals surface area contributed by atoms with Crippen LogP contribution in [0.2, 0.25) is 10.0 Å². The molecule has 0 radical (unpaired) electrons. The normalized spacial score (nSPS) is 14.2. The molecule has 2 N–H and O–H groups in total. The molecule has 1 aliphatic rings. The molecule has 0 aliphatic carbocycles. The van der Waals surface area contributed by atoms with Gasteiger partial charge in [0.1, 0.15) is 5.82 Å². The number of para-hydroxylation sites is 1. The molecule has 0 spiro atoms. The Hall–Kier alpha value is -3.35. The highest BCUT2D eigenvalue weighted by atomic mass is 35.5. The van der Waals surface area contributed by atoms with Gasteiger partial charge >= 0.3 is 0 Å². The van der Waals surface area contributed by atoms with Crippen molar-refractivity contribution in [2.45, 2.75) is 25.8 Å². The zero-order valence-electron chi connectivity index (χ0n) is 19.3. The summed E-state index contributed by atoms with van der Waals surface area (Å²) in [5, 5.41) is 8.83. The summed E-state index contributed by atoms with van der Waals surface area (Å²) in [6.45, 7) is 3.41. The maximum absolute atomic E-state index is 12.9. The summed E-state index contributed by atoms with van der Waals surface area (Å²) in [4.78, 5) is 24.2. The summed E-state index contributed by atoms with van der Waals surface area (Å²) in [5.41, 5.74) is 3.42. The number of aryl methyl sites for hydroxylation is 1. The Morgan fingerprint density at radius 3 is 2.34 bits per heavy atom. The second kappa shape index (κ2) is 10.1. The number of benzene rings is 3. The highest BCUT2D eigenvalue weighted by Crippen LogP contribution is 2.28. The van der Waals surface area contributed by atoms with E-state index in [4.69, 9.17) is 28.2 Å². The molecule has 0 saturated carbocycles. The fraction of sp³-hybridized carbons (Fsp3) is 0.222. The van der Waals surface area contributed by atoms with E-state index in [1.165, 1.54) is 0 Å². The Bertz CT molecular complexity index is 1350. The number of hydrogen-bond acceptors (Lipinski definition) is 5. The molecular formula is C27H25Cl2N5O. The molecule has 178 valence electrons. The van der Waals surface area contributed by atoms with Gasteiger partial charge in [-0.1, -0.05) is 53.0 Å². The molecule has 1 amide bonds. The molecule has 0 atom stereocenters. The largest absolute Gasteiger partial charge is 0.367 e. The molecule has 0 bridgehead atoms. The number of halogens is 2. The number of carbonyl (C=O) groups is 1. The predicted molar refractivity (Wildman–Crippen MR) is 143 cm³/mol. The number of piperidine rings is 1. The summed E-state index contributed by atoms with van der Waals surface area (Å²) < 4.78 is 0. The average Bonchev–Trinajstić information content (AvgIpc) is 2.84. The fourth-order valence-corrected chi connectivity index (χ4v) is 4.82. The maximum Gasteiger partial charge on any atom is 0.253 e. The number of likely N-dealkylation sites (tertiary alicyclic amines) is 1. The Morgan fingerprint density at radius 1 is 0.943 bits per heavy atom. The SMILES string of the molecule is Cc1ccc(C(=O)N2CCC(Nc3nc(Nc4cc(Cl)cc(Cl)c4)nc4ccccc34)CC2)cc1. The fourth-order valence-electron chi connectivity index (χ4n) is 4.30. The van der Waals surface area contributed by atoms with Crippen molar-refractivity contribution in [3.05, 3.63) is 87.9 Å². The van der Waals surface area contributed by atoms with E-state index < -0.39 is 0 Å². The highest BCUT2D eigenvalue weighted by Gasteiger charge is 2.24. The summed E-state index contributed by atoms with van der Waals surface area (Å²) in [6, 6.07) is 21.1. The van der Waals surface area contributed by atoms with Gasteiger partial charge in [-0.3, -0.25) is 4.79 Å². The van der Waals surface area contributed by atoms with Crippen LogP contribution >= 0.6 is 23.2 Å². The van der Waals surface area contributed by atoms with Gasteiger partial charge in [0.25, 0.3) is 5.91 Å². The van der Waals surface area contributed by atoms with E-state index >= 15 is 0 Å². The molecule has 4 aromatic rings. The van der Waals surface area contributed by atoms with Crippen molar-refractivity contribution >= 4 is 57.5 Å². The summed E-state index contributed by atoms with van der Waals surface area (Å²) in [6.07, 6.45) is 1.67. The molecule has 0 unspecified atom stereocenters. The molecule has 3 aromatic carbocycles. The van der Waals surface area contributed by atoms with E-state index in [-0.39, 0.29) is 11.9 Å². The molecule has 1 saturated heterocycles. The van der Waals surface area contributed by atoms with Gasteiger partial charge in [-0.25, -0.2) is 4.98 Å². The van der Waals surface area contributed by atoms with Crippen molar-refractivity contribution in [1.82, 2.24) is 14.9 Å². The van der Waals surface area contributed by atoms with E-state index in [1.807, 2.05) is 60.4 Å². The topological polar surface area (TPSA) is 70.2 Å². The maximum atomic E-state index is 12.9. The highest BCUT2D eigenvalue weighted by molar-refractivity contribution is 6.35. The number of nitrogens with zero attached hydrogens (tertiary/aromatic N) is 3. The summed E-state index contributed by atoms with van der Waals surface area (Å²) >= 11 is 12.3. The molecule has 1 aliphatic heterocycles. The van der Waals surface area contributed by atoms with E-state index in [0.717, 1.165) is 40.7 Å². The van der Waals surface area contributed by atoms with Crippen LogP contribution in [0.25, 0.3) is 10.9 Å². The lowest BCUT2D eigenvalue weighted by molar-refractivity contribution is 0.0718. The molecule has 1 fully saturated rings. The third kappa shape index (κ3) is 5.50. The van der Waals surface area contributed by atoms with Crippen LogP contribution < -0.4 is 10.6 Å². The summed E-state index contributed by atoms with van der Waals surface area (Å²) in [5.74, 6) is 1.30. The number of anilines is 3.